The van der Waals surface area contributed by atoms with Crippen molar-refractivity contribution < 1.29 is 24.2 Å². The lowest BCUT2D eigenvalue weighted by molar-refractivity contribution is -0.177. The minimum absolute atomic E-state index is 0.228. The molecule has 1 fully saturated rings. The first-order valence-corrected chi connectivity index (χ1v) is 5.13. The van der Waals surface area contributed by atoms with Gasteiger partial charge in [0.2, 0.25) is 0 Å². The van der Waals surface area contributed by atoms with Crippen LogP contribution in [0.4, 0.5) is 4.79 Å². The van der Waals surface area contributed by atoms with Gasteiger partial charge in [-0.2, -0.15) is 0 Å². The number of carbonyl (C=O) groups is 2. The highest BCUT2D eigenvalue weighted by molar-refractivity contribution is 5.73. The van der Waals surface area contributed by atoms with Gasteiger partial charge < -0.3 is 19.9 Å². The van der Waals surface area contributed by atoms with Crippen LogP contribution in [0.2, 0.25) is 0 Å². The van der Waals surface area contributed by atoms with Crippen molar-refractivity contribution in [1.29, 1.82) is 0 Å². The largest absolute Gasteiger partial charge is 0.479 e. The normalized spacial score (nSPS) is 24.4. The highest BCUT2D eigenvalue weighted by Crippen LogP contribution is 2.19. The van der Waals surface area contributed by atoms with Crippen LogP contribution in [0.5, 0.6) is 0 Å². The maximum Gasteiger partial charge on any atom is 0.407 e. The number of nitrogens with one attached hydrogen (secondary N) is 1. The molecule has 1 amide bonds. The summed E-state index contributed by atoms with van der Waals surface area (Å²) in [6.07, 6.45) is -1.06. The number of aliphatic carboxylic acids is 1. The lowest BCUT2D eigenvalue weighted by Crippen LogP contribution is -2.49. The van der Waals surface area contributed by atoms with Crippen molar-refractivity contribution in [3.63, 3.8) is 0 Å². The number of hydrogen-bond acceptors (Lipinski definition) is 4. The lowest BCUT2D eigenvalue weighted by Gasteiger charge is -2.33. The zero-order valence-electron chi connectivity index (χ0n) is 9.65. The first-order chi connectivity index (χ1) is 7.28. The topological polar surface area (TPSA) is 84.9 Å². The van der Waals surface area contributed by atoms with Crippen molar-refractivity contribution >= 4 is 12.1 Å². The second-order valence-electron chi connectivity index (χ2n) is 4.70. The van der Waals surface area contributed by atoms with E-state index in [9.17, 15) is 9.59 Å². The zero-order valence-corrected chi connectivity index (χ0v) is 9.65. The Balaban J connectivity index is 2.13. The van der Waals surface area contributed by atoms with Gasteiger partial charge in [0.15, 0.2) is 6.10 Å². The Morgan fingerprint density at radius 2 is 2.06 bits per heavy atom. The van der Waals surface area contributed by atoms with E-state index in [1.807, 2.05) is 0 Å². The lowest BCUT2D eigenvalue weighted by atomic mass is 10.1. The van der Waals surface area contributed by atoms with Crippen LogP contribution in [0, 0.1) is 0 Å². The molecule has 6 nitrogen and oxygen atoms in total. The fourth-order valence-electron chi connectivity index (χ4n) is 1.26. The quantitative estimate of drug-likeness (QED) is 0.748. The van der Waals surface area contributed by atoms with E-state index in [1.54, 1.807) is 20.8 Å². The van der Waals surface area contributed by atoms with Crippen molar-refractivity contribution in [2.75, 3.05) is 6.54 Å². The predicted molar refractivity (Wildman–Crippen MR) is 55.2 cm³/mol. The molecule has 0 aromatic heterocycles. The SMILES string of the molecule is CC(C)(C)OC(=O)NC[C@@H]1C[C@H](C(=O)O)O1. The van der Waals surface area contributed by atoms with Gasteiger partial charge in [-0.15, -0.1) is 0 Å². The van der Waals surface area contributed by atoms with E-state index in [1.165, 1.54) is 0 Å². The van der Waals surface area contributed by atoms with Gasteiger partial charge in [0.05, 0.1) is 6.10 Å². The van der Waals surface area contributed by atoms with Crippen molar-refractivity contribution in [2.24, 2.45) is 0 Å². The highest BCUT2D eigenvalue weighted by Gasteiger charge is 2.35. The molecule has 0 spiro atoms. The van der Waals surface area contributed by atoms with E-state index in [4.69, 9.17) is 14.6 Å². The van der Waals surface area contributed by atoms with E-state index in [2.05, 4.69) is 5.32 Å². The van der Waals surface area contributed by atoms with Crippen LogP contribution in [-0.4, -0.2) is 41.5 Å². The Kier molecular flexibility index (Phi) is 3.74. The number of alkyl carbamates (subject to hydrolysis) is 1. The van der Waals surface area contributed by atoms with E-state index < -0.39 is 23.8 Å². The summed E-state index contributed by atoms with van der Waals surface area (Å²) in [5, 5.41) is 11.1. The van der Waals surface area contributed by atoms with Gasteiger partial charge >= 0.3 is 12.1 Å². The summed E-state index contributed by atoms with van der Waals surface area (Å²) in [7, 11) is 0. The molecule has 1 heterocycles. The molecule has 1 aliphatic heterocycles. The molecule has 2 N–H and O–H groups in total. The molecule has 0 unspecified atom stereocenters. The molecular weight excluding hydrogens is 214 g/mol. The highest BCUT2D eigenvalue weighted by atomic mass is 16.6. The smallest absolute Gasteiger partial charge is 0.407 e. The second kappa shape index (κ2) is 4.69. The van der Waals surface area contributed by atoms with Crippen LogP contribution in [-0.2, 0) is 14.3 Å². The molecule has 92 valence electrons. The van der Waals surface area contributed by atoms with E-state index in [0.717, 1.165) is 0 Å². The average Bonchev–Trinajstić information content (AvgIpc) is 1.96. The third-order valence-corrected chi connectivity index (χ3v) is 1.98. The Bertz CT molecular complexity index is 277. The molecule has 0 bridgehead atoms. The predicted octanol–water partition coefficient (Wildman–Crippen LogP) is 0.753. The van der Waals surface area contributed by atoms with Crippen molar-refractivity contribution in [3.8, 4) is 0 Å². The van der Waals surface area contributed by atoms with Crippen LogP contribution in [0.25, 0.3) is 0 Å². The van der Waals surface area contributed by atoms with Crippen LogP contribution >= 0.6 is 0 Å². The number of amides is 1. The third kappa shape index (κ3) is 4.06. The Morgan fingerprint density at radius 1 is 1.50 bits per heavy atom. The molecule has 0 aromatic rings. The first kappa shape index (κ1) is 12.8. The summed E-state index contributed by atoms with van der Waals surface area (Å²) in [5.74, 6) is -0.964. The standard InChI is InChI=1S/C10H17NO5/c1-10(2,3)16-9(14)11-5-6-4-7(15-6)8(12)13/h6-7H,4-5H2,1-3H3,(H,11,14)(H,12,13)/t6-,7+/m0/s1. The van der Waals surface area contributed by atoms with E-state index in [-0.39, 0.29) is 12.6 Å². The summed E-state index contributed by atoms with van der Waals surface area (Å²) in [5.41, 5.74) is -0.534. The van der Waals surface area contributed by atoms with Crippen molar-refractivity contribution in [2.45, 2.75) is 45.0 Å². The zero-order chi connectivity index (χ0) is 12.3. The molecular formula is C10H17NO5. The van der Waals surface area contributed by atoms with Crippen LogP contribution in [0.1, 0.15) is 27.2 Å². The Morgan fingerprint density at radius 3 is 2.50 bits per heavy atom. The second-order valence-corrected chi connectivity index (χ2v) is 4.70. The molecule has 1 aliphatic rings. The molecule has 16 heavy (non-hydrogen) atoms. The van der Waals surface area contributed by atoms with Crippen molar-refractivity contribution in [1.82, 2.24) is 5.32 Å². The number of carbonyl (C=O) groups excluding carboxylic acids is 1. The van der Waals surface area contributed by atoms with Crippen LogP contribution in [0.15, 0.2) is 0 Å². The third-order valence-electron chi connectivity index (χ3n) is 1.98. The summed E-state index contributed by atoms with van der Waals surface area (Å²) in [6.45, 7) is 5.59. The minimum Gasteiger partial charge on any atom is -0.479 e. The minimum atomic E-state index is -0.964. The average molecular weight is 231 g/mol. The van der Waals surface area contributed by atoms with E-state index >= 15 is 0 Å². The van der Waals surface area contributed by atoms with Gasteiger partial charge in [-0.05, 0) is 20.8 Å². The summed E-state index contributed by atoms with van der Waals surface area (Å²) in [4.78, 5) is 21.6. The van der Waals surface area contributed by atoms with Gasteiger partial charge in [0.25, 0.3) is 0 Å². The molecule has 1 saturated heterocycles. The summed E-state index contributed by atoms with van der Waals surface area (Å²) < 4.78 is 10.0. The van der Waals surface area contributed by atoms with Crippen LogP contribution in [0.3, 0.4) is 0 Å². The molecule has 0 radical (unpaired) electrons. The summed E-state index contributed by atoms with van der Waals surface area (Å²) in [6, 6.07) is 0. The number of carboxylic acid groups (broad SMARTS) is 1. The van der Waals surface area contributed by atoms with Gasteiger partial charge in [0.1, 0.15) is 5.60 Å². The van der Waals surface area contributed by atoms with Crippen molar-refractivity contribution in [3.05, 3.63) is 0 Å². The fourth-order valence-corrected chi connectivity index (χ4v) is 1.26. The summed E-state index contributed by atoms with van der Waals surface area (Å²) >= 11 is 0. The molecule has 0 aromatic carbocycles. The number of ether oxygens (including phenoxy) is 2. The van der Waals surface area contributed by atoms with Gasteiger partial charge in [0, 0.05) is 13.0 Å². The maximum atomic E-state index is 11.2. The molecule has 6 heteroatoms. The maximum absolute atomic E-state index is 11.2. The number of rotatable bonds is 3. The molecule has 2 atom stereocenters. The Labute approximate surface area is 93.9 Å². The number of carboxylic acids is 1. The monoisotopic (exact) mass is 231 g/mol. The molecule has 0 saturated carbocycles. The van der Waals surface area contributed by atoms with Gasteiger partial charge in [-0.1, -0.05) is 0 Å². The van der Waals surface area contributed by atoms with Crippen LogP contribution < -0.4 is 5.32 Å². The van der Waals surface area contributed by atoms with Gasteiger partial charge in [-0.3, -0.25) is 0 Å². The number of hydrogen-bond donors (Lipinski definition) is 2. The fraction of sp³-hybridized carbons (Fsp3) is 0.800. The van der Waals surface area contributed by atoms with Gasteiger partial charge in [-0.25, -0.2) is 9.59 Å². The molecule has 1 rings (SSSR count). The Hall–Kier alpha value is -1.30. The first-order valence-electron chi connectivity index (χ1n) is 5.13. The molecule has 0 aliphatic carbocycles. The van der Waals surface area contributed by atoms with E-state index in [0.29, 0.717) is 6.42 Å².